The number of carbonyl (C=O) groups is 2. The van der Waals surface area contributed by atoms with Gasteiger partial charge in [0.2, 0.25) is 5.91 Å². The fourth-order valence-corrected chi connectivity index (χ4v) is 3.29. The zero-order valence-electron chi connectivity index (χ0n) is 12.4. The number of carboxylic acid groups (broad SMARTS) is 1. The summed E-state index contributed by atoms with van der Waals surface area (Å²) in [6.45, 7) is 0.293. The van der Waals surface area contributed by atoms with Crippen LogP contribution in [0, 0.1) is 5.92 Å². The van der Waals surface area contributed by atoms with Crippen LogP contribution in [0.5, 0.6) is 0 Å². The van der Waals surface area contributed by atoms with E-state index in [1.807, 2.05) is 0 Å². The molecule has 22 heavy (non-hydrogen) atoms. The molecule has 2 aliphatic rings. The van der Waals surface area contributed by atoms with Crippen molar-refractivity contribution < 1.29 is 24.2 Å². The summed E-state index contributed by atoms with van der Waals surface area (Å²) in [6.07, 6.45) is 2.91. The molecule has 2 N–H and O–H groups in total. The fourth-order valence-electron chi connectivity index (χ4n) is 3.29. The molecule has 0 spiro atoms. The number of hydrogen-bond acceptors (Lipinski definition) is 4. The molecule has 6 nitrogen and oxygen atoms in total. The van der Waals surface area contributed by atoms with Crippen molar-refractivity contribution >= 4 is 17.6 Å². The van der Waals surface area contributed by atoms with Gasteiger partial charge in [-0.05, 0) is 43.0 Å². The van der Waals surface area contributed by atoms with Crippen LogP contribution in [0.3, 0.4) is 0 Å². The molecule has 1 amide bonds. The number of benzene rings is 1. The molecule has 2 bridgehead atoms. The van der Waals surface area contributed by atoms with Gasteiger partial charge in [-0.15, -0.1) is 0 Å². The molecule has 1 aromatic rings. The minimum Gasteiger partial charge on any atom is -0.478 e. The largest absolute Gasteiger partial charge is 0.478 e. The lowest BCUT2D eigenvalue weighted by atomic mass is 9.88. The lowest BCUT2D eigenvalue weighted by molar-refractivity contribution is -0.121. The van der Waals surface area contributed by atoms with E-state index in [2.05, 4.69) is 5.32 Å². The Kier molecular flexibility index (Phi) is 4.13. The van der Waals surface area contributed by atoms with Gasteiger partial charge < -0.3 is 19.9 Å². The summed E-state index contributed by atoms with van der Waals surface area (Å²) in [5.41, 5.74) is 1.33. The molecule has 1 aromatic carbocycles. The molecule has 2 saturated heterocycles. The highest BCUT2D eigenvalue weighted by Crippen LogP contribution is 2.39. The number of aromatic carboxylic acids is 1. The Morgan fingerprint density at radius 2 is 2.18 bits per heavy atom. The van der Waals surface area contributed by atoms with Gasteiger partial charge in [0.15, 0.2) is 0 Å². The zero-order valence-corrected chi connectivity index (χ0v) is 12.4. The van der Waals surface area contributed by atoms with Gasteiger partial charge >= 0.3 is 5.97 Å². The molecule has 0 radical (unpaired) electrons. The van der Waals surface area contributed by atoms with Crippen molar-refractivity contribution in [1.82, 2.24) is 0 Å². The quantitative estimate of drug-likeness (QED) is 0.869. The summed E-state index contributed by atoms with van der Waals surface area (Å²) < 4.78 is 10.7. The maximum absolute atomic E-state index is 12.4. The number of hydrogen-bond donors (Lipinski definition) is 2. The number of rotatable bonds is 5. The Morgan fingerprint density at radius 1 is 1.36 bits per heavy atom. The summed E-state index contributed by atoms with van der Waals surface area (Å²) in [5, 5.41) is 12.0. The third-order valence-electron chi connectivity index (χ3n) is 4.26. The number of amides is 1. The van der Waals surface area contributed by atoms with E-state index in [0.717, 1.165) is 19.3 Å². The molecule has 2 fully saturated rings. The second-order valence-electron chi connectivity index (χ2n) is 5.86. The van der Waals surface area contributed by atoms with E-state index in [1.54, 1.807) is 12.1 Å². The average molecular weight is 305 g/mol. The first-order valence-electron chi connectivity index (χ1n) is 7.39. The van der Waals surface area contributed by atoms with Crippen LogP contribution in [0.1, 0.15) is 35.2 Å². The lowest BCUT2D eigenvalue weighted by Gasteiger charge is -2.18. The predicted octanol–water partition coefficient (Wildman–Crippen LogP) is 2.04. The standard InChI is InChI=1S/C16H19NO5/c1-21-8-9-4-10(16(19)20)6-11(5-9)17-15(18)13-7-12-2-3-14(13)22-12/h4-6,12-14H,2-3,7-8H2,1H3,(H,17,18)(H,19,20). The van der Waals surface area contributed by atoms with Gasteiger partial charge in [0, 0.05) is 12.8 Å². The Morgan fingerprint density at radius 3 is 2.77 bits per heavy atom. The van der Waals surface area contributed by atoms with Gasteiger partial charge in [0.25, 0.3) is 0 Å². The fraction of sp³-hybridized carbons (Fsp3) is 0.500. The summed E-state index contributed by atoms with van der Waals surface area (Å²) >= 11 is 0. The summed E-state index contributed by atoms with van der Waals surface area (Å²) in [5.74, 6) is -1.27. The Hall–Kier alpha value is -1.92. The molecule has 0 aliphatic carbocycles. The van der Waals surface area contributed by atoms with Gasteiger partial charge in [-0.25, -0.2) is 4.79 Å². The van der Waals surface area contributed by atoms with E-state index >= 15 is 0 Å². The van der Waals surface area contributed by atoms with Crippen LogP contribution in [0.25, 0.3) is 0 Å². The van der Waals surface area contributed by atoms with Gasteiger partial charge in [-0.2, -0.15) is 0 Å². The molecular formula is C16H19NO5. The Labute approximate surface area is 128 Å². The molecule has 2 aliphatic heterocycles. The molecule has 118 valence electrons. The third kappa shape index (κ3) is 2.98. The molecule has 3 unspecified atom stereocenters. The first-order valence-corrected chi connectivity index (χ1v) is 7.39. The van der Waals surface area contributed by atoms with E-state index in [0.29, 0.717) is 17.9 Å². The van der Waals surface area contributed by atoms with E-state index < -0.39 is 5.97 Å². The van der Waals surface area contributed by atoms with Gasteiger partial charge in [-0.1, -0.05) is 0 Å². The van der Waals surface area contributed by atoms with Crippen LogP contribution in [0.15, 0.2) is 18.2 Å². The number of fused-ring (bicyclic) bond motifs is 2. The van der Waals surface area contributed by atoms with Crippen molar-refractivity contribution in [3.05, 3.63) is 29.3 Å². The summed E-state index contributed by atoms with van der Waals surface area (Å²) in [6, 6.07) is 4.75. The van der Waals surface area contributed by atoms with Crippen molar-refractivity contribution in [3.63, 3.8) is 0 Å². The Bertz CT molecular complexity index is 600. The molecule has 3 atom stereocenters. The van der Waals surface area contributed by atoms with E-state index in [1.165, 1.54) is 13.2 Å². The van der Waals surface area contributed by atoms with Crippen molar-refractivity contribution in [3.8, 4) is 0 Å². The van der Waals surface area contributed by atoms with Crippen LogP contribution in [0.2, 0.25) is 0 Å². The van der Waals surface area contributed by atoms with Crippen molar-refractivity contribution in [2.45, 2.75) is 38.1 Å². The van der Waals surface area contributed by atoms with Crippen LogP contribution >= 0.6 is 0 Å². The SMILES string of the molecule is COCc1cc(NC(=O)C2CC3CCC2O3)cc(C(=O)O)c1. The topological polar surface area (TPSA) is 84.9 Å². The maximum Gasteiger partial charge on any atom is 0.335 e. The molecule has 0 saturated carbocycles. The van der Waals surface area contributed by atoms with Crippen LogP contribution in [-0.2, 0) is 20.9 Å². The number of anilines is 1. The van der Waals surface area contributed by atoms with E-state index in [-0.39, 0.29) is 29.6 Å². The molecule has 6 heteroatoms. The zero-order chi connectivity index (χ0) is 15.7. The highest BCUT2D eigenvalue weighted by Gasteiger charge is 2.44. The average Bonchev–Trinajstić information content (AvgIpc) is 3.10. The number of carboxylic acids is 1. The third-order valence-corrected chi connectivity index (χ3v) is 4.26. The number of methoxy groups -OCH3 is 1. The van der Waals surface area contributed by atoms with E-state index in [4.69, 9.17) is 14.6 Å². The van der Waals surface area contributed by atoms with Crippen molar-refractivity contribution in [1.29, 1.82) is 0 Å². The van der Waals surface area contributed by atoms with Gasteiger partial charge in [-0.3, -0.25) is 4.79 Å². The first-order chi connectivity index (χ1) is 10.6. The highest BCUT2D eigenvalue weighted by atomic mass is 16.5. The first kappa shape index (κ1) is 15.0. The predicted molar refractivity (Wildman–Crippen MR) is 78.7 cm³/mol. The smallest absolute Gasteiger partial charge is 0.335 e. The number of ether oxygens (including phenoxy) is 2. The minimum absolute atomic E-state index is 0.00565. The monoisotopic (exact) mass is 305 g/mol. The second kappa shape index (κ2) is 6.06. The maximum atomic E-state index is 12.4. The Balaban J connectivity index is 1.76. The van der Waals surface area contributed by atoms with Crippen LogP contribution in [-0.4, -0.2) is 36.3 Å². The van der Waals surface area contributed by atoms with Gasteiger partial charge in [0.1, 0.15) is 0 Å². The minimum atomic E-state index is -1.03. The lowest BCUT2D eigenvalue weighted by Crippen LogP contribution is -2.30. The van der Waals surface area contributed by atoms with Crippen molar-refractivity contribution in [2.24, 2.45) is 5.92 Å². The van der Waals surface area contributed by atoms with E-state index in [9.17, 15) is 9.59 Å². The number of carbonyl (C=O) groups excluding carboxylic acids is 1. The normalized spacial score (nSPS) is 26.1. The molecule has 2 heterocycles. The molecular weight excluding hydrogens is 286 g/mol. The highest BCUT2D eigenvalue weighted by molar-refractivity contribution is 5.95. The summed E-state index contributed by atoms with van der Waals surface area (Å²) in [4.78, 5) is 23.6. The second-order valence-corrected chi connectivity index (χ2v) is 5.86. The summed E-state index contributed by atoms with van der Waals surface area (Å²) in [7, 11) is 1.54. The number of nitrogens with one attached hydrogen (secondary N) is 1. The molecule has 0 aromatic heterocycles. The van der Waals surface area contributed by atoms with Crippen LogP contribution < -0.4 is 5.32 Å². The van der Waals surface area contributed by atoms with Crippen molar-refractivity contribution in [2.75, 3.05) is 12.4 Å². The van der Waals surface area contributed by atoms with Gasteiger partial charge in [0.05, 0.1) is 30.3 Å². The van der Waals surface area contributed by atoms with Crippen LogP contribution in [0.4, 0.5) is 5.69 Å². The molecule has 3 rings (SSSR count).